The van der Waals surface area contributed by atoms with Gasteiger partial charge in [-0.1, -0.05) is 18.5 Å². The molecule has 0 aliphatic carbocycles. The molecule has 1 aliphatic rings. The fourth-order valence-corrected chi connectivity index (χ4v) is 3.20. The molecule has 2 aromatic rings. The van der Waals surface area contributed by atoms with E-state index in [1.807, 2.05) is 4.90 Å². The predicted molar refractivity (Wildman–Crippen MR) is 102 cm³/mol. The molecule has 26 heavy (non-hydrogen) atoms. The molecule has 6 nitrogen and oxygen atoms in total. The number of methoxy groups -OCH3 is 1. The van der Waals surface area contributed by atoms with Crippen LogP contribution in [0, 0.1) is 12.8 Å². The maximum atomic E-state index is 12.8. The summed E-state index contributed by atoms with van der Waals surface area (Å²) in [5, 5.41) is 3.76. The van der Waals surface area contributed by atoms with Crippen LogP contribution in [-0.2, 0) is 0 Å². The quantitative estimate of drug-likeness (QED) is 0.873. The average Bonchev–Trinajstić information content (AvgIpc) is 2.61. The second-order valence-corrected chi connectivity index (χ2v) is 7.07. The number of nitrogens with one attached hydrogen (secondary N) is 1. The smallest absolute Gasteiger partial charge is 0.272 e. The summed E-state index contributed by atoms with van der Waals surface area (Å²) in [5.74, 6) is 2.32. The van der Waals surface area contributed by atoms with Gasteiger partial charge in [0.05, 0.1) is 12.8 Å². The number of hydrogen-bond donors (Lipinski definition) is 1. The maximum Gasteiger partial charge on any atom is 0.272 e. The van der Waals surface area contributed by atoms with Crippen LogP contribution in [0.5, 0.6) is 5.75 Å². The Morgan fingerprint density at radius 2 is 2.00 bits per heavy atom. The van der Waals surface area contributed by atoms with Gasteiger partial charge in [0.15, 0.2) is 0 Å². The van der Waals surface area contributed by atoms with Crippen molar-refractivity contribution in [1.82, 2.24) is 14.9 Å². The van der Waals surface area contributed by atoms with Crippen LogP contribution in [-0.4, -0.2) is 41.0 Å². The minimum Gasteiger partial charge on any atom is -0.495 e. The van der Waals surface area contributed by atoms with Crippen LogP contribution in [0.1, 0.15) is 36.1 Å². The molecule has 1 saturated heterocycles. The average molecular weight is 375 g/mol. The number of hydrogen-bond acceptors (Lipinski definition) is 5. The molecule has 0 bridgehead atoms. The molecule has 7 heteroatoms. The topological polar surface area (TPSA) is 67.3 Å². The molecule has 1 fully saturated rings. The van der Waals surface area contributed by atoms with E-state index in [0.717, 1.165) is 25.9 Å². The summed E-state index contributed by atoms with van der Waals surface area (Å²) >= 11 is 6.08. The third-order valence-electron chi connectivity index (χ3n) is 4.55. The summed E-state index contributed by atoms with van der Waals surface area (Å²) in [4.78, 5) is 23.4. The van der Waals surface area contributed by atoms with Gasteiger partial charge in [0.1, 0.15) is 23.1 Å². The van der Waals surface area contributed by atoms with E-state index < -0.39 is 0 Å². The van der Waals surface area contributed by atoms with Crippen molar-refractivity contribution in [3.8, 4) is 5.75 Å². The molecule has 0 spiro atoms. The zero-order valence-electron chi connectivity index (χ0n) is 15.3. The van der Waals surface area contributed by atoms with Crippen LogP contribution in [0.25, 0.3) is 0 Å². The van der Waals surface area contributed by atoms with E-state index in [1.165, 1.54) is 0 Å². The minimum absolute atomic E-state index is 0.0523. The first-order valence-corrected chi connectivity index (χ1v) is 9.09. The van der Waals surface area contributed by atoms with Crippen molar-refractivity contribution in [3.05, 3.63) is 40.8 Å². The number of halogens is 1. The Labute approximate surface area is 158 Å². The summed E-state index contributed by atoms with van der Waals surface area (Å²) in [6, 6.07) is 6.96. The molecule has 3 rings (SSSR count). The SMILES string of the molecule is COc1ccc(Cl)cc1Nc1cc(C(=O)N2CCC(C)CC2)nc(C)n1. The van der Waals surface area contributed by atoms with E-state index in [2.05, 4.69) is 22.2 Å². The first-order valence-electron chi connectivity index (χ1n) is 8.72. The largest absolute Gasteiger partial charge is 0.495 e. The molecule has 1 aromatic heterocycles. The normalized spacial score (nSPS) is 15.0. The van der Waals surface area contributed by atoms with Crippen LogP contribution >= 0.6 is 11.6 Å². The Hall–Kier alpha value is -2.34. The molecular formula is C19H23ClN4O2. The number of amides is 1. The lowest BCUT2D eigenvalue weighted by Crippen LogP contribution is -2.38. The third kappa shape index (κ3) is 4.25. The first-order chi connectivity index (χ1) is 12.5. The highest BCUT2D eigenvalue weighted by atomic mass is 35.5. The molecule has 1 aromatic carbocycles. The van der Waals surface area contributed by atoms with E-state index in [-0.39, 0.29) is 5.91 Å². The highest BCUT2D eigenvalue weighted by molar-refractivity contribution is 6.31. The predicted octanol–water partition coefficient (Wildman–Crippen LogP) is 4.06. The fourth-order valence-electron chi connectivity index (χ4n) is 3.03. The monoisotopic (exact) mass is 374 g/mol. The van der Waals surface area contributed by atoms with Gasteiger partial charge in [0, 0.05) is 24.2 Å². The van der Waals surface area contributed by atoms with Crippen molar-refractivity contribution >= 4 is 29.0 Å². The summed E-state index contributed by atoms with van der Waals surface area (Å²) in [7, 11) is 1.59. The van der Waals surface area contributed by atoms with Crippen molar-refractivity contribution in [2.45, 2.75) is 26.7 Å². The van der Waals surface area contributed by atoms with E-state index >= 15 is 0 Å². The van der Waals surface area contributed by atoms with Crippen molar-refractivity contribution in [2.75, 3.05) is 25.5 Å². The number of aryl methyl sites for hydroxylation is 1. The zero-order chi connectivity index (χ0) is 18.7. The van der Waals surface area contributed by atoms with Gasteiger partial charge in [-0.3, -0.25) is 4.79 Å². The zero-order valence-corrected chi connectivity index (χ0v) is 16.0. The highest BCUT2D eigenvalue weighted by Gasteiger charge is 2.23. The first kappa shape index (κ1) is 18.5. The number of likely N-dealkylation sites (tertiary alicyclic amines) is 1. The van der Waals surface area contributed by atoms with Gasteiger partial charge in [-0.05, 0) is 43.9 Å². The van der Waals surface area contributed by atoms with Crippen molar-refractivity contribution < 1.29 is 9.53 Å². The van der Waals surface area contributed by atoms with E-state index in [1.54, 1.807) is 38.3 Å². The second kappa shape index (κ2) is 7.91. The maximum absolute atomic E-state index is 12.8. The number of nitrogens with zero attached hydrogens (tertiary/aromatic N) is 3. The minimum atomic E-state index is -0.0523. The Balaban J connectivity index is 1.84. The molecule has 2 heterocycles. The molecular weight excluding hydrogens is 352 g/mol. The lowest BCUT2D eigenvalue weighted by molar-refractivity contribution is 0.0691. The Bertz CT molecular complexity index is 804. The third-order valence-corrected chi connectivity index (χ3v) is 4.79. The second-order valence-electron chi connectivity index (χ2n) is 6.63. The number of benzene rings is 1. The molecule has 0 radical (unpaired) electrons. The lowest BCUT2D eigenvalue weighted by atomic mass is 9.99. The molecule has 138 valence electrons. The molecule has 1 aliphatic heterocycles. The number of rotatable bonds is 4. The van der Waals surface area contributed by atoms with E-state index in [0.29, 0.717) is 39.7 Å². The number of carbonyl (C=O) groups is 1. The van der Waals surface area contributed by atoms with Gasteiger partial charge in [-0.2, -0.15) is 0 Å². The van der Waals surface area contributed by atoms with Gasteiger partial charge in [0.25, 0.3) is 5.91 Å². The summed E-state index contributed by atoms with van der Waals surface area (Å²) in [6.07, 6.45) is 2.06. The number of carbonyl (C=O) groups excluding carboxylic acids is 1. The van der Waals surface area contributed by atoms with Crippen LogP contribution in [0.4, 0.5) is 11.5 Å². The molecule has 0 saturated carbocycles. The van der Waals surface area contributed by atoms with Gasteiger partial charge in [0.2, 0.25) is 0 Å². The van der Waals surface area contributed by atoms with E-state index in [4.69, 9.17) is 16.3 Å². The molecule has 0 atom stereocenters. The van der Waals surface area contributed by atoms with Crippen molar-refractivity contribution in [2.24, 2.45) is 5.92 Å². The van der Waals surface area contributed by atoms with Gasteiger partial charge < -0.3 is 15.0 Å². The van der Waals surface area contributed by atoms with Crippen LogP contribution in [0.3, 0.4) is 0 Å². The summed E-state index contributed by atoms with van der Waals surface area (Å²) in [6.45, 7) is 5.54. The number of piperidine rings is 1. The lowest BCUT2D eigenvalue weighted by Gasteiger charge is -2.30. The Kier molecular flexibility index (Phi) is 5.61. The number of ether oxygens (including phenoxy) is 1. The molecule has 0 unspecified atom stereocenters. The van der Waals surface area contributed by atoms with Crippen molar-refractivity contribution in [3.63, 3.8) is 0 Å². The summed E-state index contributed by atoms with van der Waals surface area (Å²) in [5.41, 5.74) is 1.08. The van der Waals surface area contributed by atoms with Crippen LogP contribution in [0.2, 0.25) is 5.02 Å². The fraction of sp³-hybridized carbons (Fsp3) is 0.421. The number of anilines is 2. The van der Waals surface area contributed by atoms with Crippen LogP contribution in [0.15, 0.2) is 24.3 Å². The Morgan fingerprint density at radius 3 is 2.69 bits per heavy atom. The number of aromatic nitrogens is 2. The highest BCUT2D eigenvalue weighted by Crippen LogP contribution is 2.30. The van der Waals surface area contributed by atoms with E-state index in [9.17, 15) is 4.79 Å². The van der Waals surface area contributed by atoms with Crippen molar-refractivity contribution in [1.29, 1.82) is 0 Å². The standard InChI is InChI=1S/C19H23ClN4O2/c1-12-6-8-24(9-7-12)19(25)16-11-18(22-13(2)21-16)23-15-10-14(20)4-5-17(15)26-3/h4-5,10-12H,6-9H2,1-3H3,(H,21,22,23). The molecule has 1 amide bonds. The van der Waals surface area contributed by atoms with Gasteiger partial charge >= 0.3 is 0 Å². The van der Waals surface area contributed by atoms with Crippen LogP contribution < -0.4 is 10.1 Å². The van der Waals surface area contributed by atoms with Gasteiger partial charge in [-0.15, -0.1) is 0 Å². The summed E-state index contributed by atoms with van der Waals surface area (Å²) < 4.78 is 5.35. The molecule has 1 N–H and O–H groups in total. The van der Waals surface area contributed by atoms with Gasteiger partial charge in [-0.25, -0.2) is 9.97 Å². The Morgan fingerprint density at radius 1 is 1.27 bits per heavy atom.